The average Bonchev–Trinajstić information content (AvgIpc) is 3.11. The summed E-state index contributed by atoms with van der Waals surface area (Å²) in [5.41, 5.74) is -1.31. The maximum absolute atomic E-state index is 12.2. The normalized spacial score (nSPS) is 10.6. The molecular formula is C15H13N5O5. The minimum atomic E-state index is -0.825. The predicted octanol–water partition coefficient (Wildman–Crippen LogP) is 0.924. The van der Waals surface area contributed by atoms with Gasteiger partial charge in [-0.2, -0.15) is 0 Å². The molecule has 0 aromatic carbocycles. The van der Waals surface area contributed by atoms with Gasteiger partial charge in [0.05, 0.1) is 24.3 Å². The molecule has 0 fully saturated rings. The molecule has 0 radical (unpaired) electrons. The maximum Gasteiger partial charge on any atom is 0.376 e. The lowest BCUT2D eigenvalue weighted by Gasteiger charge is -2.08. The molecule has 128 valence electrons. The number of anilines is 1. The van der Waals surface area contributed by atoms with E-state index in [0.717, 1.165) is 4.40 Å². The summed E-state index contributed by atoms with van der Waals surface area (Å²) in [5, 5.41) is 16.3. The van der Waals surface area contributed by atoms with Crippen molar-refractivity contribution in [2.45, 2.75) is 6.54 Å². The van der Waals surface area contributed by atoms with Gasteiger partial charge in [-0.25, -0.2) is 4.98 Å². The molecule has 0 atom stereocenters. The van der Waals surface area contributed by atoms with E-state index in [-0.39, 0.29) is 24.6 Å². The molecular weight excluding hydrogens is 330 g/mol. The van der Waals surface area contributed by atoms with Gasteiger partial charge in [-0.1, -0.05) is 6.07 Å². The van der Waals surface area contributed by atoms with Crippen LogP contribution in [0.2, 0.25) is 0 Å². The number of hydrogen-bond acceptors (Lipinski definition) is 7. The van der Waals surface area contributed by atoms with Crippen molar-refractivity contribution in [3.8, 4) is 0 Å². The molecule has 2 N–H and O–H groups in total. The van der Waals surface area contributed by atoms with Crippen LogP contribution in [0.5, 0.6) is 0 Å². The molecule has 1 amide bonds. The van der Waals surface area contributed by atoms with Crippen molar-refractivity contribution in [3.05, 3.63) is 69.0 Å². The Morgan fingerprint density at radius 1 is 1.32 bits per heavy atom. The van der Waals surface area contributed by atoms with Crippen LogP contribution in [-0.2, 0) is 11.3 Å². The standard InChI is InChI=1S/C15H13N5O5/c21-12(16-8-10-4-3-7-25-10)9-17-14-13(20(23)24)15(22)19-6-2-1-5-11(19)18-14/h1-7,17H,8-9H2,(H,16,21). The fraction of sp³-hybridized carbons (Fsp3) is 0.133. The molecule has 0 aliphatic rings. The molecule has 25 heavy (non-hydrogen) atoms. The lowest BCUT2D eigenvalue weighted by molar-refractivity contribution is -0.385. The van der Waals surface area contributed by atoms with Crippen LogP contribution in [0.1, 0.15) is 5.76 Å². The van der Waals surface area contributed by atoms with Gasteiger partial charge in [-0.3, -0.25) is 24.1 Å². The number of carbonyl (C=O) groups is 1. The van der Waals surface area contributed by atoms with Crippen LogP contribution in [0.4, 0.5) is 11.5 Å². The summed E-state index contributed by atoms with van der Waals surface area (Å²) in [7, 11) is 0. The van der Waals surface area contributed by atoms with Crippen molar-refractivity contribution >= 4 is 23.1 Å². The molecule has 0 bridgehead atoms. The Morgan fingerprint density at radius 2 is 2.16 bits per heavy atom. The zero-order valence-corrected chi connectivity index (χ0v) is 12.8. The highest BCUT2D eigenvalue weighted by Gasteiger charge is 2.23. The highest BCUT2D eigenvalue weighted by molar-refractivity contribution is 5.81. The van der Waals surface area contributed by atoms with Crippen molar-refractivity contribution in [3.63, 3.8) is 0 Å². The Labute approximate surface area is 140 Å². The SMILES string of the molecule is O=C(CNc1nc2ccccn2c(=O)c1[N+](=O)[O-])NCc1ccco1. The number of nitro groups is 1. The van der Waals surface area contributed by atoms with Crippen LogP contribution in [0, 0.1) is 10.1 Å². The van der Waals surface area contributed by atoms with Crippen LogP contribution < -0.4 is 16.2 Å². The molecule has 0 aliphatic heterocycles. The number of pyridine rings is 1. The van der Waals surface area contributed by atoms with Gasteiger partial charge in [0.2, 0.25) is 11.7 Å². The summed E-state index contributed by atoms with van der Waals surface area (Å²) in [6.45, 7) is -0.0968. The van der Waals surface area contributed by atoms with Crippen LogP contribution in [0.3, 0.4) is 0 Å². The molecule has 3 rings (SSSR count). The molecule has 10 nitrogen and oxygen atoms in total. The predicted molar refractivity (Wildman–Crippen MR) is 87.2 cm³/mol. The number of aromatic nitrogens is 2. The van der Waals surface area contributed by atoms with E-state index in [1.54, 1.807) is 24.3 Å². The molecule has 0 spiro atoms. The fourth-order valence-electron chi connectivity index (χ4n) is 2.19. The Hall–Kier alpha value is -3.69. The monoisotopic (exact) mass is 343 g/mol. The van der Waals surface area contributed by atoms with Gasteiger partial charge in [0.25, 0.3) is 0 Å². The average molecular weight is 343 g/mol. The Kier molecular flexibility index (Phi) is 4.42. The minimum Gasteiger partial charge on any atom is -0.467 e. The third kappa shape index (κ3) is 3.47. The Bertz CT molecular complexity index is 980. The van der Waals surface area contributed by atoms with E-state index in [1.807, 2.05) is 0 Å². The van der Waals surface area contributed by atoms with Gasteiger partial charge in [0, 0.05) is 6.20 Å². The first-order valence-electron chi connectivity index (χ1n) is 7.25. The quantitative estimate of drug-likeness (QED) is 0.502. The summed E-state index contributed by atoms with van der Waals surface area (Å²) in [5.74, 6) is -0.114. The van der Waals surface area contributed by atoms with Gasteiger partial charge in [0.1, 0.15) is 11.4 Å². The number of rotatable bonds is 6. The number of carbonyl (C=O) groups excluding carboxylic acids is 1. The maximum atomic E-state index is 12.2. The summed E-state index contributed by atoms with van der Waals surface area (Å²) in [4.78, 5) is 38.5. The summed E-state index contributed by atoms with van der Waals surface area (Å²) in [6.07, 6.45) is 2.87. The summed E-state index contributed by atoms with van der Waals surface area (Å²) in [6, 6.07) is 8.13. The highest BCUT2D eigenvalue weighted by Crippen LogP contribution is 2.17. The molecule has 10 heteroatoms. The number of nitrogens with zero attached hydrogens (tertiary/aromatic N) is 3. The summed E-state index contributed by atoms with van der Waals surface area (Å²) >= 11 is 0. The van der Waals surface area contributed by atoms with Crippen molar-refractivity contribution < 1.29 is 14.1 Å². The lowest BCUT2D eigenvalue weighted by Crippen LogP contribution is -2.30. The number of nitrogens with one attached hydrogen (secondary N) is 2. The minimum absolute atomic E-state index is 0.184. The van der Waals surface area contributed by atoms with E-state index < -0.39 is 22.1 Å². The van der Waals surface area contributed by atoms with Crippen LogP contribution in [0.25, 0.3) is 5.65 Å². The molecule has 3 heterocycles. The lowest BCUT2D eigenvalue weighted by atomic mass is 10.4. The van der Waals surface area contributed by atoms with E-state index in [1.165, 1.54) is 18.5 Å². The fourth-order valence-corrected chi connectivity index (χ4v) is 2.19. The zero-order valence-electron chi connectivity index (χ0n) is 12.8. The van der Waals surface area contributed by atoms with Gasteiger partial charge < -0.3 is 15.1 Å². The van der Waals surface area contributed by atoms with E-state index in [0.29, 0.717) is 5.76 Å². The number of hydrogen-bond donors (Lipinski definition) is 2. The van der Waals surface area contributed by atoms with Crippen LogP contribution in [0.15, 0.2) is 52.0 Å². The van der Waals surface area contributed by atoms with Gasteiger partial charge in [-0.05, 0) is 24.3 Å². The molecule has 0 saturated heterocycles. The largest absolute Gasteiger partial charge is 0.467 e. The van der Waals surface area contributed by atoms with Crippen molar-refractivity contribution in [2.24, 2.45) is 0 Å². The first kappa shape index (κ1) is 16.2. The second-order valence-electron chi connectivity index (χ2n) is 5.01. The van der Waals surface area contributed by atoms with Crippen LogP contribution in [-0.4, -0.2) is 26.8 Å². The molecule has 0 unspecified atom stereocenters. The van der Waals surface area contributed by atoms with Crippen LogP contribution >= 0.6 is 0 Å². The van der Waals surface area contributed by atoms with Crippen molar-refractivity contribution in [2.75, 3.05) is 11.9 Å². The summed E-state index contributed by atoms with van der Waals surface area (Å²) < 4.78 is 6.15. The number of amides is 1. The van der Waals surface area contributed by atoms with E-state index in [9.17, 15) is 19.7 Å². The van der Waals surface area contributed by atoms with E-state index >= 15 is 0 Å². The first-order valence-corrected chi connectivity index (χ1v) is 7.25. The smallest absolute Gasteiger partial charge is 0.376 e. The number of furan rings is 1. The molecule has 3 aromatic heterocycles. The Morgan fingerprint density at radius 3 is 2.88 bits per heavy atom. The number of fused-ring (bicyclic) bond motifs is 1. The third-order valence-electron chi connectivity index (χ3n) is 3.35. The van der Waals surface area contributed by atoms with Crippen molar-refractivity contribution in [1.82, 2.24) is 14.7 Å². The van der Waals surface area contributed by atoms with E-state index in [2.05, 4.69) is 15.6 Å². The van der Waals surface area contributed by atoms with Gasteiger partial charge in [0.15, 0.2) is 0 Å². The second kappa shape index (κ2) is 6.83. The zero-order chi connectivity index (χ0) is 17.8. The first-order chi connectivity index (χ1) is 12.1. The Balaban J connectivity index is 1.78. The second-order valence-corrected chi connectivity index (χ2v) is 5.01. The van der Waals surface area contributed by atoms with E-state index in [4.69, 9.17) is 4.42 Å². The highest BCUT2D eigenvalue weighted by atomic mass is 16.6. The van der Waals surface area contributed by atoms with Gasteiger partial charge in [-0.15, -0.1) is 0 Å². The topological polar surface area (TPSA) is 132 Å². The molecule has 0 aliphatic carbocycles. The third-order valence-corrected chi connectivity index (χ3v) is 3.35. The van der Waals surface area contributed by atoms with Gasteiger partial charge >= 0.3 is 11.2 Å². The molecule has 0 saturated carbocycles. The van der Waals surface area contributed by atoms with Crippen molar-refractivity contribution in [1.29, 1.82) is 0 Å². The molecule has 3 aromatic rings.